The fourth-order valence-corrected chi connectivity index (χ4v) is 3.48. The predicted octanol–water partition coefficient (Wildman–Crippen LogP) is 0.813. The smallest absolute Gasteiger partial charge is 0.276 e. The summed E-state index contributed by atoms with van der Waals surface area (Å²) in [4.78, 5) is 34.1. The van der Waals surface area contributed by atoms with Crippen LogP contribution in [0.4, 0.5) is 0 Å². The summed E-state index contributed by atoms with van der Waals surface area (Å²) < 4.78 is 3.32. The molecular formula is C18H21N5O2. The van der Waals surface area contributed by atoms with Crippen LogP contribution in [0.1, 0.15) is 6.92 Å². The molecule has 1 saturated heterocycles. The van der Waals surface area contributed by atoms with Crippen LogP contribution >= 0.6 is 0 Å². The van der Waals surface area contributed by atoms with Crippen LogP contribution in [0.3, 0.4) is 0 Å². The fraction of sp³-hybridized carbons (Fsp3) is 0.389. The summed E-state index contributed by atoms with van der Waals surface area (Å²) in [6.07, 6.45) is 3.50. The number of piperazine rings is 1. The Morgan fingerprint density at radius 3 is 2.64 bits per heavy atom. The average molecular weight is 339 g/mol. The fourth-order valence-electron chi connectivity index (χ4n) is 3.48. The van der Waals surface area contributed by atoms with Crippen LogP contribution < -0.4 is 5.56 Å². The van der Waals surface area contributed by atoms with Gasteiger partial charge in [-0.05, 0) is 30.8 Å². The molecule has 4 heterocycles. The molecule has 0 spiro atoms. The minimum absolute atomic E-state index is 0.0271. The zero-order chi connectivity index (χ0) is 17.4. The van der Waals surface area contributed by atoms with E-state index in [0.717, 1.165) is 25.2 Å². The Kier molecular flexibility index (Phi) is 4.01. The zero-order valence-corrected chi connectivity index (χ0v) is 14.3. The Balaban J connectivity index is 1.70. The SMILES string of the molecule is CCN1CCN(C(=O)Cn2c(=O)c3cccn3c3cccnc32)CC1. The van der Waals surface area contributed by atoms with Gasteiger partial charge in [-0.1, -0.05) is 6.92 Å². The molecule has 1 amide bonds. The van der Waals surface area contributed by atoms with Crippen molar-refractivity contribution < 1.29 is 4.79 Å². The third kappa shape index (κ3) is 2.70. The van der Waals surface area contributed by atoms with Gasteiger partial charge in [-0.2, -0.15) is 0 Å². The second-order valence-corrected chi connectivity index (χ2v) is 6.32. The molecule has 3 aromatic heterocycles. The quantitative estimate of drug-likeness (QED) is 0.709. The first kappa shape index (κ1) is 15.8. The van der Waals surface area contributed by atoms with E-state index in [1.165, 1.54) is 4.57 Å². The van der Waals surface area contributed by atoms with E-state index in [1.54, 1.807) is 12.3 Å². The molecule has 130 valence electrons. The van der Waals surface area contributed by atoms with E-state index < -0.39 is 0 Å². The van der Waals surface area contributed by atoms with Crippen molar-refractivity contribution in [3.8, 4) is 0 Å². The third-order valence-corrected chi connectivity index (χ3v) is 4.96. The lowest BCUT2D eigenvalue weighted by molar-refractivity contribution is -0.133. The van der Waals surface area contributed by atoms with Crippen LogP contribution in [0.25, 0.3) is 16.7 Å². The van der Waals surface area contributed by atoms with Crippen LogP contribution in [-0.4, -0.2) is 62.4 Å². The number of hydrogen-bond donors (Lipinski definition) is 0. The first-order chi connectivity index (χ1) is 12.2. The van der Waals surface area contributed by atoms with Crippen molar-refractivity contribution in [2.75, 3.05) is 32.7 Å². The number of nitrogens with zero attached hydrogens (tertiary/aromatic N) is 5. The van der Waals surface area contributed by atoms with Gasteiger partial charge in [0, 0.05) is 38.6 Å². The van der Waals surface area contributed by atoms with Gasteiger partial charge in [0.1, 0.15) is 12.1 Å². The van der Waals surface area contributed by atoms with Crippen molar-refractivity contribution >= 4 is 22.6 Å². The Morgan fingerprint density at radius 2 is 1.88 bits per heavy atom. The zero-order valence-electron chi connectivity index (χ0n) is 14.3. The third-order valence-electron chi connectivity index (χ3n) is 4.96. The van der Waals surface area contributed by atoms with Gasteiger partial charge in [0.25, 0.3) is 5.56 Å². The first-order valence-corrected chi connectivity index (χ1v) is 8.63. The Labute approximate surface area is 145 Å². The minimum Gasteiger partial charge on any atom is -0.339 e. The van der Waals surface area contributed by atoms with Crippen LogP contribution in [0.2, 0.25) is 0 Å². The van der Waals surface area contributed by atoms with Gasteiger partial charge < -0.3 is 14.2 Å². The molecular weight excluding hydrogens is 318 g/mol. The van der Waals surface area contributed by atoms with E-state index >= 15 is 0 Å². The molecule has 0 atom stereocenters. The van der Waals surface area contributed by atoms with Crippen molar-refractivity contribution in [1.29, 1.82) is 0 Å². The van der Waals surface area contributed by atoms with E-state index in [1.807, 2.05) is 33.7 Å². The number of fused-ring (bicyclic) bond motifs is 3. The second kappa shape index (κ2) is 6.33. The molecule has 1 aliphatic heterocycles. The van der Waals surface area contributed by atoms with Crippen molar-refractivity contribution in [3.05, 3.63) is 47.0 Å². The molecule has 0 bridgehead atoms. The summed E-state index contributed by atoms with van der Waals surface area (Å²) >= 11 is 0. The van der Waals surface area contributed by atoms with Gasteiger partial charge in [-0.3, -0.25) is 14.2 Å². The molecule has 3 aromatic rings. The highest BCUT2D eigenvalue weighted by molar-refractivity contribution is 5.80. The predicted molar refractivity (Wildman–Crippen MR) is 95.7 cm³/mol. The number of carbonyl (C=O) groups excluding carboxylic acids is 1. The first-order valence-electron chi connectivity index (χ1n) is 8.63. The maximum Gasteiger partial charge on any atom is 0.276 e. The van der Waals surface area contributed by atoms with Gasteiger partial charge in [0.05, 0.1) is 5.52 Å². The number of pyridine rings is 1. The molecule has 0 saturated carbocycles. The van der Waals surface area contributed by atoms with Crippen LogP contribution in [0.15, 0.2) is 41.5 Å². The highest BCUT2D eigenvalue weighted by Gasteiger charge is 2.22. The second-order valence-electron chi connectivity index (χ2n) is 6.32. The van der Waals surface area contributed by atoms with Gasteiger partial charge in [0.2, 0.25) is 5.91 Å². The van der Waals surface area contributed by atoms with Gasteiger partial charge in [-0.25, -0.2) is 4.98 Å². The van der Waals surface area contributed by atoms with Gasteiger partial charge >= 0.3 is 0 Å². The lowest BCUT2D eigenvalue weighted by Gasteiger charge is -2.34. The lowest BCUT2D eigenvalue weighted by Crippen LogP contribution is -2.49. The number of amides is 1. The van der Waals surface area contributed by atoms with Crippen molar-refractivity contribution in [1.82, 2.24) is 23.8 Å². The molecule has 0 aromatic carbocycles. The molecule has 0 N–H and O–H groups in total. The van der Waals surface area contributed by atoms with E-state index in [0.29, 0.717) is 24.3 Å². The normalized spacial score (nSPS) is 16.0. The summed E-state index contributed by atoms with van der Waals surface area (Å²) in [6.45, 7) is 6.34. The van der Waals surface area contributed by atoms with E-state index in [4.69, 9.17) is 0 Å². The molecule has 1 fully saturated rings. The van der Waals surface area contributed by atoms with E-state index in [2.05, 4.69) is 16.8 Å². The standard InChI is InChI=1S/C18H21N5O2/c1-2-20-9-11-21(12-10-20)16(24)13-23-17-14(5-3-7-19-17)22-8-4-6-15(22)18(23)25/h3-8H,2,9-13H2,1H3. The molecule has 4 rings (SSSR count). The topological polar surface area (TPSA) is 62.8 Å². The largest absolute Gasteiger partial charge is 0.339 e. The van der Waals surface area contributed by atoms with Crippen LogP contribution in [-0.2, 0) is 11.3 Å². The Morgan fingerprint density at radius 1 is 1.12 bits per heavy atom. The number of rotatable bonds is 3. The molecule has 25 heavy (non-hydrogen) atoms. The molecule has 0 aliphatic carbocycles. The van der Waals surface area contributed by atoms with Gasteiger partial charge in [0.15, 0.2) is 5.65 Å². The van der Waals surface area contributed by atoms with Gasteiger partial charge in [-0.15, -0.1) is 0 Å². The molecule has 7 heteroatoms. The number of hydrogen-bond acceptors (Lipinski definition) is 4. The minimum atomic E-state index is -0.184. The van der Waals surface area contributed by atoms with E-state index in [9.17, 15) is 9.59 Å². The lowest BCUT2D eigenvalue weighted by atomic mass is 10.3. The van der Waals surface area contributed by atoms with Crippen molar-refractivity contribution in [2.45, 2.75) is 13.5 Å². The maximum atomic E-state index is 12.8. The van der Waals surface area contributed by atoms with E-state index in [-0.39, 0.29) is 18.0 Å². The number of carbonyl (C=O) groups is 1. The summed E-state index contributed by atoms with van der Waals surface area (Å²) in [5.41, 5.74) is 1.74. The summed E-state index contributed by atoms with van der Waals surface area (Å²) in [6, 6.07) is 7.35. The summed E-state index contributed by atoms with van der Waals surface area (Å²) in [5.74, 6) is -0.0271. The maximum absolute atomic E-state index is 12.8. The summed E-state index contributed by atoms with van der Waals surface area (Å²) in [7, 11) is 0. The molecule has 0 unspecified atom stereocenters. The highest BCUT2D eigenvalue weighted by atomic mass is 16.2. The Hall–Kier alpha value is -2.67. The average Bonchev–Trinajstić information content (AvgIpc) is 3.15. The monoisotopic (exact) mass is 339 g/mol. The number of aromatic nitrogens is 3. The molecule has 1 aliphatic rings. The van der Waals surface area contributed by atoms with Crippen molar-refractivity contribution in [2.24, 2.45) is 0 Å². The molecule has 7 nitrogen and oxygen atoms in total. The highest BCUT2D eigenvalue weighted by Crippen LogP contribution is 2.13. The molecule has 0 radical (unpaired) electrons. The van der Waals surface area contributed by atoms with Crippen LogP contribution in [0.5, 0.6) is 0 Å². The summed E-state index contributed by atoms with van der Waals surface area (Å²) in [5, 5.41) is 0. The number of likely N-dealkylation sites (N-methyl/N-ethyl adjacent to an activating group) is 1. The van der Waals surface area contributed by atoms with Crippen molar-refractivity contribution in [3.63, 3.8) is 0 Å². The Bertz CT molecular complexity index is 982. The van der Waals surface area contributed by atoms with Crippen LogP contribution in [0, 0.1) is 0 Å².